The minimum atomic E-state index is 0. The molecule has 4 heteroatoms. The van der Waals surface area contributed by atoms with Crippen LogP contribution in [0.25, 0.3) is 0 Å². The van der Waals surface area contributed by atoms with E-state index in [4.69, 9.17) is 0 Å². The van der Waals surface area contributed by atoms with E-state index in [1.54, 1.807) is 0 Å². The Kier molecular flexibility index (Phi) is 0.567. The molecule has 1 rings (SSSR count). The lowest BCUT2D eigenvalue weighted by molar-refractivity contribution is 0.264. The Morgan fingerprint density at radius 3 is 2.00 bits per heavy atom. The highest BCUT2D eigenvalue weighted by atomic mass is 19.2. The molecule has 0 saturated carbocycles. The number of nitrogens with zero attached hydrogens (tertiary/aromatic N) is 3. The Hall–Kier alpha value is -0.930. The van der Waals surface area contributed by atoms with Gasteiger partial charge in [0, 0.05) is 0 Å². The van der Waals surface area contributed by atoms with Crippen molar-refractivity contribution >= 4 is 0 Å². The molecule has 0 saturated heterocycles. The average Bonchev–Trinajstić information content (AvgIpc) is 1.86. The third kappa shape index (κ3) is 0.357. The fraction of sp³-hybridized carbons (Fsp3) is 0. The van der Waals surface area contributed by atoms with Crippen molar-refractivity contribution in [3.8, 4) is 0 Å². The molecule has 1 heterocycles. The molecule has 0 amide bonds. The molecule has 0 fully saturated rings. The number of aromatic nitrogens is 3. The molecule has 0 spiro atoms. The molecule has 1 aromatic heterocycles. The Balaban J connectivity index is 3.05. The fourth-order valence-corrected chi connectivity index (χ4v) is 0.199. The van der Waals surface area contributed by atoms with Gasteiger partial charge in [0.2, 0.25) is 0 Å². The van der Waals surface area contributed by atoms with Crippen LogP contribution in [0.5, 0.6) is 0 Å². The molecular formula is C2H2FN3. The van der Waals surface area contributed by atoms with E-state index in [2.05, 4.69) is 10.2 Å². The normalized spacial score (nSPS) is 8.83. The smallest absolute Gasteiger partial charge is 0.0722 e. The summed E-state index contributed by atoms with van der Waals surface area (Å²) in [6.07, 6.45) is 2.53. The standard InChI is InChI=1S/C2H2FN3/c3-6-4-1-2-5-6/h1-2H. The van der Waals surface area contributed by atoms with E-state index in [9.17, 15) is 4.48 Å². The molecule has 3 nitrogen and oxygen atoms in total. The summed E-state index contributed by atoms with van der Waals surface area (Å²) in [5, 5.41) is 6.11. The summed E-state index contributed by atoms with van der Waals surface area (Å²) in [5.41, 5.74) is 0. The van der Waals surface area contributed by atoms with Crippen LogP contribution in [-0.2, 0) is 0 Å². The summed E-state index contributed by atoms with van der Waals surface area (Å²) < 4.78 is 11.4. The minimum Gasteiger partial charge on any atom is -0.130 e. The maximum Gasteiger partial charge on any atom is 0.0722 e. The van der Waals surface area contributed by atoms with Crippen molar-refractivity contribution < 1.29 is 4.48 Å². The summed E-state index contributed by atoms with van der Waals surface area (Å²) >= 11 is 0. The van der Waals surface area contributed by atoms with Crippen LogP contribution in [0.4, 0.5) is 4.48 Å². The minimum absolute atomic E-state index is 0. The van der Waals surface area contributed by atoms with Crippen LogP contribution in [0.1, 0.15) is 0 Å². The molecule has 0 unspecified atom stereocenters. The number of halogens is 1. The quantitative estimate of drug-likeness (QED) is 0.446. The van der Waals surface area contributed by atoms with Gasteiger partial charge in [0.1, 0.15) is 0 Å². The molecule has 0 bridgehead atoms. The SMILES string of the molecule is Fn1nccn1. The number of hydrogen-bond donors (Lipinski definition) is 0. The Bertz CT molecular complexity index is 112. The zero-order chi connectivity index (χ0) is 4.41. The summed E-state index contributed by atoms with van der Waals surface area (Å²) in [5.74, 6) is 0. The summed E-state index contributed by atoms with van der Waals surface area (Å²) in [4.78, 5) is 0. The van der Waals surface area contributed by atoms with Gasteiger partial charge in [-0.2, -0.15) is 0 Å². The fourth-order valence-electron chi connectivity index (χ4n) is 0.199. The molecule has 1 aromatic rings. The number of rotatable bonds is 0. The van der Waals surface area contributed by atoms with E-state index >= 15 is 0 Å². The average molecular weight is 87.1 g/mol. The monoisotopic (exact) mass is 87.0 g/mol. The highest BCUT2D eigenvalue weighted by molar-refractivity contribution is 4.56. The number of hydrogen-bond acceptors (Lipinski definition) is 2. The van der Waals surface area contributed by atoms with Gasteiger partial charge in [-0.1, -0.05) is 4.48 Å². The van der Waals surface area contributed by atoms with Crippen molar-refractivity contribution in [2.45, 2.75) is 0 Å². The maximum atomic E-state index is 11.4. The van der Waals surface area contributed by atoms with Crippen molar-refractivity contribution in [3.63, 3.8) is 0 Å². The second-order valence-electron chi connectivity index (χ2n) is 0.770. The van der Waals surface area contributed by atoms with Crippen molar-refractivity contribution in [1.29, 1.82) is 0 Å². The van der Waals surface area contributed by atoms with E-state index in [-0.39, 0.29) is 5.02 Å². The lowest BCUT2D eigenvalue weighted by atomic mass is 11.0. The first-order valence-corrected chi connectivity index (χ1v) is 1.42. The largest absolute Gasteiger partial charge is 0.130 e. The van der Waals surface area contributed by atoms with Crippen LogP contribution < -0.4 is 0 Å². The van der Waals surface area contributed by atoms with Crippen LogP contribution in [0.15, 0.2) is 12.4 Å². The van der Waals surface area contributed by atoms with E-state index in [0.29, 0.717) is 0 Å². The molecule has 0 aliphatic carbocycles. The van der Waals surface area contributed by atoms with E-state index < -0.39 is 0 Å². The molecule has 32 valence electrons. The van der Waals surface area contributed by atoms with E-state index in [0.717, 1.165) is 0 Å². The maximum absolute atomic E-state index is 11.4. The third-order valence-corrected chi connectivity index (χ3v) is 0.391. The zero-order valence-corrected chi connectivity index (χ0v) is 2.87. The molecule has 0 radical (unpaired) electrons. The molecule has 0 N–H and O–H groups in total. The predicted molar refractivity (Wildman–Crippen MR) is 16.5 cm³/mol. The molecule has 0 atom stereocenters. The first kappa shape index (κ1) is 3.27. The van der Waals surface area contributed by atoms with Crippen LogP contribution in [0.2, 0.25) is 0 Å². The first-order chi connectivity index (χ1) is 2.89. The van der Waals surface area contributed by atoms with Gasteiger partial charge in [-0.25, -0.2) is 0 Å². The van der Waals surface area contributed by atoms with Gasteiger partial charge in [0.25, 0.3) is 0 Å². The molecule has 0 aromatic carbocycles. The topological polar surface area (TPSA) is 30.7 Å². The van der Waals surface area contributed by atoms with Gasteiger partial charge in [-0.3, -0.25) is 0 Å². The van der Waals surface area contributed by atoms with Gasteiger partial charge >= 0.3 is 0 Å². The van der Waals surface area contributed by atoms with Gasteiger partial charge in [-0.15, -0.1) is 10.2 Å². The highest BCUT2D eigenvalue weighted by Gasteiger charge is 1.75. The van der Waals surface area contributed by atoms with Crippen LogP contribution in [-0.4, -0.2) is 15.2 Å². The summed E-state index contributed by atoms with van der Waals surface area (Å²) in [6.45, 7) is 0. The van der Waals surface area contributed by atoms with Crippen LogP contribution in [0, 0.1) is 0 Å². The molecule has 0 aliphatic rings. The first-order valence-electron chi connectivity index (χ1n) is 1.42. The molecular weight excluding hydrogens is 85.0 g/mol. The van der Waals surface area contributed by atoms with Gasteiger partial charge in [0.05, 0.1) is 12.4 Å². The lowest BCUT2D eigenvalue weighted by Crippen LogP contribution is -1.82. The second kappa shape index (κ2) is 1.04. The second-order valence-corrected chi connectivity index (χ2v) is 0.770. The third-order valence-electron chi connectivity index (χ3n) is 0.391. The predicted octanol–water partition coefficient (Wildman–Crippen LogP) is 0.0107. The zero-order valence-electron chi connectivity index (χ0n) is 2.87. The lowest BCUT2D eigenvalue weighted by Gasteiger charge is -1.67. The van der Waals surface area contributed by atoms with Crippen molar-refractivity contribution in [2.75, 3.05) is 0 Å². The van der Waals surface area contributed by atoms with Gasteiger partial charge in [-0.05, 0) is 5.02 Å². The van der Waals surface area contributed by atoms with E-state index in [1.165, 1.54) is 12.4 Å². The van der Waals surface area contributed by atoms with E-state index in [1.807, 2.05) is 0 Å². The summed E-state index contributed by atoms with van der Waals surface area (Å²) in [6, 6.07) is 0. The molecule has 6 heavy (non-hydrogen) atoms. The van der Waals surface area contributed by atoms with Crippen molar-refractivity contribution in [1.82, 2.24) is 15.2 Å². The Morgan fingerprint density at radius 2 is 1.83 bits per heavy atom. The van der Waals surface area contributed by atoms with Crippen LogP contribution >= 0.6 is 0 Å². The van der Waals surface area contributed by atoms with Crippen molar-refractivity contribution in [2.24, 2.45) is 0 Å². The van der Waals surface area contributed by atoms with Gasteiger partial charge < -0.3 is 0 Å². The highest BCUT2D eigenvalue weighted by Crippen LogP contribution is 1.69. The Morgan fingerprint density at radius 1 is 1.33 bits per heavy atom. The summed E-state index contributed by atoms with van der Waals surface area (Å²) in [7, 11) is 0. The van der Waals surface area contributed by atoms with Gasteiger partial charge in [0.15, 0.2) is 0 Å². The molecule has 0 aliphatic heterocycles. The van der Waals surface area contributed by atoms with Crippen LogP contribution in [0.3, 0.4) is 0 Å². The Labute approximate surface area is 33.3 Å². The van der Waals surface area contributed by atoms with Crippen molar-refractivity contribution in [3.05, 3.63) is 12.4 Å².